The van der Waals surface area contributed by atoms with Crippen LogP contribution in [0, 0.1) is 5.92 Å². The summed E-state index contributed by atoms with van der Waals surface area (Å²) in [4.78, 5) is 13.9. The topological polar surface area (TPSA) is 62.8 Å². The van der Waals surface area contributed by atoms with Crippen LogP contribution in [0.5, 0.6) is 0 Å². The van der Waals surface area contributed by atoms with Crippen LogP contribution in [0.3, 0.4) is 0 Å². The number of hydrogen-bond acceptors (Lipinski definition) is 5. The van der Waals surface area contributed by atoms with Crippen LogP contribution in [-0.4, -0.2) is 50.9 Å². The molecule has 6 nitrogen and oxygen atoms in total. The number of anilines is 1. The van der Waals surface area contributed by atoms with Gasteiger partial charge in [-0.2, -0.15) is 13.2 Å². The van der Waals surface area contributed by atoms with Crippen molar-refractivity contribution in [1.29, 1.82) is 0 Å². The van der Waals surface area contributed by atoms with E-state index in [4.69, 9.17) is 9.47 Å². The molecule has 2 aliphatic rings. The van der Waals surface area contributed by atoms with Crippen molar-refractivity contribution >= 4 is 11.8 Å². The smallest absolute Gasteiger partial charge is 0.416 e. The van der Waals surface area contributed by atoms with Gasteiger partial charge in [-0.15, -0.1) is 0 Å². The van der Waals surface area contributed by atoms with E-state index in [1.807, 2.05) is 49.3 Å². The number of amides is 1. The molecule has 2 N–H and O–H groups in total. The van der Waals surface area contributed by atoms with Gasteiger partial charge >= 0.3 is 12.3 Å². The van der Waals surface area contributed by atoms with Gasteiger partial charge in [-0.05, 0) is 50.7 Å². The maximum absolute atomic E-state index is 13.4. The first-order valence-corrected chi connectivity index (χ1v) is 11.5. The number of carbonyl (C=O) groups is 1. The number of nitrogens with one attached hydrogen (secondary N) is 2. The van der Waals surface area contributed by atoms with Crippen molar-refractivity contribution in [2.75, 3.05) is 39.1 Å². The summed E-state index contributed by atoms with van der Waals surface area (Å²) in [6.07, 6.45) is -4.38. The van der Waals surface area contributed by atoms with Crippen LogP contribution >= 0.6 is 0 Å². The quantitative estimate of drug-likeness (QED) is 0.614. The normalized spacial score (nSPS) is 24.1. The summed E-state index contributed by atoms with van der Waals surface area (Å²) in [5, 5.41) is 6.17. The van der Waals surface area contributed by atoms with Crippen molar-refractivity contribution in [1.82, 2.24) is 10.2 Å². The minimum Gasteiger partial charge on any atom is -0.448 e. The molecule has 2 aromatic rings. The van der Waals surface area contributed by atoms with E-state index in [0.29, 0.717) is 24.2 Å². The number of nitrogens with zero attached hydrogens (tertiary/aromatic N) is 1. The number of hydrogen-bond donors (Lipinski definition) is 2. The number of carbonyl (C=O) groups excluding carboxylic acids is 1. The minimum atomic E-state index is -4.44. The number of rotatable bonds is 6. The highest BCUT2D eigenvalue weighted by Gasteiger charge is 2.43. The van der Waals surface area contributed by atoms with E-state index in [-0.39, 0.29) is 31.2 Å². The zero-order valence-corrected chi connectivity index (χ0v) is 19.3. The first-order valence-electron chi connectivity index (χ1n) is 11.5. The molecule has 0 bridgehead atoms. The van der Waals surface area contributed by atoms with Gasteiger partial charge in [0.1, 0.15) is 6.61 Å². The number of alkyl carbamates (subject to hydrolysis) is 1. The molecule has 1 amide bonds. The molecule has 9 heteroatoms. The second kappa shape index (κ2) is 10.2. The molecule has 4 rings (SSSR count). The Balaban J connectivity index is 1.52. The van der Waals surface area contributed by atoms with Crippen LogP contribution in [0.2, 0.25) is 0 Å². The second-order valence-corrected chi connectivity index (χ2v) is 9.07. The SMILES string of the molecule is CN(C)CCOC(=O)NC[C@H]1CC[C@@H]2[C@H](O1)c1cc(C(F)(F)F)ccc1N[C@H]2c1ccccc1. The highest BCUT2D eigenvalue weighted by Crippen LogP contribution is 2.51. The summed E-state index contributed by atoms with van der Waals surface area (Å²) in [6.45, 7) is 1.12. The Kier molecular flexibility index (Phi) is 7.33. The zero-order chi connectivity index (χ0) is 24.3. The van der Waals surface area contributed by atoms with E-state index in [1.54, 1.807) is 0 Å². The molecular weight excluding hydrogens is 447 g/mol. The molecule has 4 atom stereocenters. The molecule has 2 aliphatic heterocycles. The van der Waals surface area contributed by atoms with Gasteiger partial charge < -0.3 is 25.0 Å². The number of fused-ring (bicyclic) bond motifs is 3. The van der Waals surface area contributed by atoms with Crippen LogP contribution < -0.4 is 10.6 Å². The molecule has 0 unspecified atom stereocenters. The fraction of sp³-hybridized carbons (Fsp3) is 0.480. The molecule has 0 radical (unpaired) electrons. The maximum atomic E-state index is 13.4. The molecule has 34 heavy (non-hydrogen) atoms. The van der Waals surface area contributed by atoms with Crippen LogP contribution in [0.1, 0.15) is 41.7 Å². The van der Waals surface area contributed by atoms with Crippen LogP contribution in [0.15, 0.2) is 48.5 Å². The highest BCUT2D eigenvalue weighted by molar-refractivity contribution is 5.67. The molecule has 0 spiro atoms. The summed E-state index contributed by atoms with van der Waals surface area (Å²) in [5.41, 5.74) is 1.51. The predicted octanol–water partition coefficient (Wildman–Crippen LogP) is 5.00. The zero-order valence-electron chi connectivity index (χ0n) is 19.3. The molecule has 2 aromatic carbocycles. The van der Waals surface area contributed by atoms with Crippen molar-refractivity contribution < 1.29 is 27.4 Å². The Labute approximate surface area is 197 Å². The number of alkyl halides is 3. The molecule has 184 valence electrons. The van der Waals surface area contributed by atoms with E-state index in [1.165, 1.54) is 12.1 Å². The van der Waals surface area contributed by atoms with Gasteiger partial charge in [0, 0.05) is 30.3 Å². The van der Waals surface area contributed by atoms with E-state index < -0.39 is 23.9 Å². The van der Waals surface area contributed by atoms with Crippen molar-refractivity contribution in [3.63, 3.8) is 0 Å². The van der Waals surface area contributed by atoms with Crippen LogP contribution in [0.4, 0.5) is 23.7 Å². The third-order valence-electron chi connectivity index (χ3n) is 6.38. The average molecular weight is 478 g/mol. The lowest BCUT2D eigenvalue weighted by molar-refractivity contribution is -0.138. The van der Waals surface area contributed by atoms with Gasteiger partial charge in [-0.25, -0.2) is 4.79 Å². The van der Waals surface area contributed by atoms with Crippen LogP contribution in [-0.2, 0) is 15.7 Å². The maximum Gasteiger partial charge on any atom is 0.416 e. The molecule has 1 saturated heterocycles. The summed E-state index contributed by atoms with van der Waals surface area (Å²) < 4.78 is 51.8. The fourth-order valence-electron chi connectivity index (χ4n) is 4.64. The molecule has 2 heterocycles. The molecular formula is C25H30F3N3O3. The Hall–Kier alpha value is -2.78. The minimum absolute atomic E-state index is 0.0401. The molecule has 0 saturated carbocycles. The van der Waals surface area contributed by atoms with E-state index >= 15 is 0 Å². The number of likely N-dealkylation sites (N-methyl/N-ethyl adjacent to an activating group) is 1. The van der Waals surface area contributed by atoms with Gasteiger partial charge in [0.25, 0.3) is 0 Å². The summed E-state index contributed by atoms with van der Waals surface area (Å²) in [6, 6.07) is 13.6. The Morgan fingerprint density at radius 3 is 2.65 bits per heavy atom. The molecule has 0 aromatic heterocycles. The summed E-state index contributed by atoms with van der Waals surface area (Å²) >= 11 is 0. The Morgan fingerprint density at radius 1 is 1.18 bits per heavy atom. The lowest BCUT2D eigenvalue weighted by atomic mass is 9.76. The third kappa shape index (κ3) is 5.64. The second-order valence-electron chi connectivity index (χ2n) is 9.07. The third-order valence-corrected chi connectivity index (χ3v) is 6.38. The van der Waals surface area contributed by atoms with Gasteiger partial charge in [0.15, 0.2) is 0 Å². The summed E-state index contributed by atoms with van der Waals surface area (Å²) in [7, 11) is 3.77. The largest absolute Gasteiger partial charge is 0.448 e. The number of ether oxygens (including phenoxy) is 2. The lowest BCUT2D eigenvalue weighted by Gasteiger charge is -2.46. The average Bonchev–Trinajstić information content (AvgIpc) is 2.81. The van der Waals surface area contributed by atoms with Crippen molar-refractivity contribution in [2.45, 2.75) is 37.3 Å². The first-order chi connectivity index (χ1) is 16.2. The standard InChI is InChI=1S/C25H30F3N3O3/c1-31(2)12-13-33-24(32)29-15-18-9-10-19-22(16-6-4-3-5-7-16)30-21-11-8-17(25(26,27)28)14-20(21)23(19)34-18/h3-8,11,14,18-19,22-23,30H,9-10,12-13,15H2,1-2H3,(H,29,32)/t18-,19+,22+,23+/m1/s1. The first kappa shape index (κ1) is 24.3. The predicted molar refractivity (Wildman–Crippen MR) is 122 cm³/mol. The highest BCUT2D eigenvalue weighted by atomic mass is 19.4. The molecule has 0 aliphatic carbocycles. The van der Waals surface area contributed by atoms with Crippen molar-refractivity contribution in [3.05, 3.63) is 65.2 Å². The lowest BCUT2D eigenvalue weighted by Crippen LogP contribution is -2.43. The van der Waals surface area contributed by atoms with E-state index in [9.17, 15) is 18.0 Å². The van der Waals surface area contributed by atoms with Crippen molar-refractivity contribution in [2.24, 2.45) is 5.92 Å². The monoisotopic (exact) mass is 477 g/mol. The van der Waals surface area contributed by atoms with Gasteiger partial charge in [0.05, 0.1) is 23.8 Å². The number of halogens is 3. The Morgan fingerprint density at radius 2 is 1.94 bits per heavy atom. The summed E-state index contributed by atoms with van der Waals surface area (Å²) in [5.74, 6) is -0.0401. The van der Waals surface area contributed by atoms with Gasteiger partial charge in [-0.1, -0.05) is 30.3 Å². The van der Waals surface area contributed by atoms with E-state index in [0.717, 1.165) is 18.1 Å². The van der Waals surface area contributed by atoms with Crippen LogP contribution in [0.25, 0.3) is 0 Å². The molecule has 1 fully saturated rings. The van der Waals surface area contributed by atoms with Gasteiger partial charge in [-0.3, -0.25) is 0 Å². The van der Waals surface area contributed by atoms with E-state index in [2.05, 4.69) is 10.6 Å². The van der Waals surface area contributed by atoms with Crippen molar-refractivity contribution in [3.8, 4) is 0 Å². The van der Waals surface area contributed by atoms with Gasteiger partial charge in [0.2, 0.25) is 0 Å². The fourth-order valence-corrected chi connectivity index (χ4v) is 4.64. The Bertz CT molecular complexity index is 984. The number of benzene rings is 2.